The van der Waals surface area contributed by atoms with Crippen LogP contribution in [0.5, 0.6) is 11.5 Å². The number of aromatic nitrogens is 2. The number of sulfonamides is 1. The molecule has 2 aromatic carbocycles. The third kappa shape index (κ3) is 11.0. The van der Waals surface area contributed by atoms with Crippen molar-refractivity contribution < 1.29 is 17.9 Å². The van der Waals surface area contributed by atoms with E-state index in [1.807, 2.05) is 17.0 Å². The number of ether oxygens (including phenoxy) is 1. The van der Waals surface area contributed by atoms with E-state index in [2.05, 4.69) is 44.2 Å². The van der Waals surface area contributed by atoms with E-state index >= 15 is 0 Å². The van der Waals surface area contributed by atoms with Crippen LogP contribution in [-0.2, 0) is 16.6 Å². The summed E-state index contributed by atoms with van der Waals surface area (Å²) in [6, 6.07) is 16.7. The molecule has 13 heteroatoms. The number of nitrogens with zero attached hydrogens (tertiary/aromatic N) is 4. The van der Waals surface area contributed by atoms with E-state index in [0.29, 0.717) is 22.9 Å². The average Bonchev–Trinajstić information content (AvgIpc) is 2.92. The minimum atomic E-state index is -3.31. The minimum Gasteiger partial charge on any atom is -0.457 e. The van der Waals surface area contributed by atoms with E-state index in [1.54, 1.807) is 42.7 Å². The monoisotopic (exact) mass is 624 g/mol. The summed E-state index contributed by atoms with van der Waals surface area (Å²) in [5.41, 5.74) is 2.34. The van der Waals surface area contributed by atoms with E-state index in [4.69, 9.17) is 4.74 Å². The van der Waals surface area contributed by atoms with Gasteiger partial charge in [0.1, 0.15) is 11.5 Å². The zero-order valence-corrected chi connectivity index (χ0v) is 25.7. The van der Waals surface area contributed by atoms with E-state index in [9.17, 15) is 13.2 Å². The minimum absolute atomic E-state index is 0. The van der Waals surface area contributed by atoms with Crippen molar-refractivity contribution in [1.29, 1.82) is 0 Å². The van der Waals surface area contributed by atoms with E-state index in [-0.39, 0.29) is 36.9 Å². The number of anilines is 2. The average molecular weight is 626 g/mol. The molecule has 2 amide bonds. The lowest BCUT2D eigenvalue weighted by Gasteiger charge is -2.38. The predicted molar refractivity (Wildman–Crippen MR) is 167 cm³/mol. The largest absolute Gasteiger partial charge is 0.457 e. The molecule has 10 nitrogen and oxygen atoms in total. The van der Waals surface area contributed by atoms with Crippen molar-refractivity contribution in [3.05, 3.63) is 72.6 Å². The first-order valence-electron chi connectivity index (χ1n) is 13.2. The number of halogens is 2. The van der Waals surface area contributed by atoms with Crippen molar-refractivity contribution in [2.45, 2.75) is 45.2 Å². The number of likely N-dealkylation sites (tertiary alicyclic amines) is 1. The van der Waals surface area contributed by atoms with Gasteiger partial charge in [-0.15, -0.1) is 24.8 Å². The molecule has 3 aromatic rings. The van der Waals surface area contributed by atoms with Crippen molar-refractivity contribution in [2.75, 3.05) is 35.9 Å². The molecule has 0 bridgehead atoms. The molecule has 0 spiro atoms. The molecule has 0 saturated carbocycles. The summed E-state index contributed by atoms with van der Waals surface area (Å²) in [6.07, 6.45) is 8.11. The number of benzene rings is 2. The molecule has 1 aromatic heterocycles. The van der Waals surface area contributed by atoms with Crippen LogP contribution in [-0.4, -0.2) is 66.4 Å². The van der Waals surface area contributed by atoms with Gasteiger partial charge >= 0.3 is 6.03 Å². The normalized spacial score (nSPS) is 13.8. The maximum Gasteiger partial charge on any atom is 0.322 e. The van der Waals surface area contributed by atoms with Gasteiger partial charge in [0.2, 0.25) is 10.0 Å². The Bertz CT molecular complexity index is 1310. The molecule has 41 heavy (non-hydrogen) atoms. The zero-order chi connectivity index (χ0) is 27.7. The number of piperidine rings is 1. The smallest absolute Gasteiger partial charge is 0.322 e. The van der Waals surface area contributed by atoms with Crippen LogP contribution in [0.3, 0.4) is 0 Å². The molecule has 224 valence electrons. The third-order valence-electron chi connectivity index (χ3n) is 6.57. The summed E-state index contributed by atoms with van der Waals surface area (Å²) in [5, 5.41) is 10.6. The first-order chi connectivity index (χ1) is 18.8. The highest BCUT2D eigenvalue weighted by molar-refractivity contribution is 7.92. The lowest BCUT2D eigenvalue weighted by atomic mass is 10.0. The first-order valence-corrected chi connectivity index (χ1v) is 15.1. The number of nitrogens with one attached hydrogen (secondary N) is 2. The summed E-state index contributed by atoms with van der Waals surface area (Å²) in [5.74, 6) is 1.34. The van der Waals surface area contributed by atoms with Crippen LogP contribution >= 0.6 is 24.8 Å². The Morgan fingerprint density at radius 2 is 1.61 bits per heavy atom. The van der Waals surface area contributed by atoms with Gasteiger partial charge in [0, 0.05) is 37.9 Å². The molecule has 1 aliphatic rings. The van der Waals surface area contributed by atoms with Gasteiger partial charge in [0.15, 0.2) is 0 Å². The Morgan fingerprint density at radius 1 is 0.976 bits per heavy atom. The number of amides is 2. The summed E-state index contributed by atoms with van der Waals surface area (Å²) in [7, 11) is -3.31. The van der Waals surface area contributed by atoms with Crippen molar-refractivity contribution in [2.24, 2.45) is 0 Å². The summed E-state index contributed by atoms with van der Waals surface area (Å²) < 4.78 is 31.1. The summed E-state index contributed by atoms with van der Waals surface area (Å²) in [4.78, 5) is 17.4. The molecule has 4 rings (SSSR count). The van der Waals surface area contributed by atoms with Crippen LogP contribution in [0.25, 0.3) is 0 Å². The van der Waals surface area contributed by atoms with Crippen LogP contribution in [0.1, 0.15) is 38.2 Å². The van der Waals surface area contributed by atoms with Gasteiger partial charge in [-0.25, -0.2) is 13.2 Å². The SMILES string of the molecule is CCCCN(C(=O)Nc1ccnnc1)C1CCN(Cc2ccc(Oc3ccc(NS(C)(=O)=O)cc3)cc2)CC1.Cl.Cl. The number of hydrogen-bond donors (Lipinski definition) is 2. The van der Waals surface area contributed by atoms with Gasteiger partial charge in [-0.1, -0.05) is 25.5 Å². The molecule has 0 atom stereocenters. The molecule has 2 N–H and O–H groups in total. The Morgan fingerprint density at radius 3 is 2.17 bits per heavy atom. The molecule has 1 saturated heterocycles. The Labute approximate surface area is 254 Å². The molecule has 1 fully saturated rings. The van der Waals surface area contributed by atoms with E-state index in [0.717, 1.165) is 58.1 Å². The third-order valence-corrected chi connectivity index (χ3v) is 7.18. The first kappa shape index (κ1) is 34.1. The van der Waals surface area contributed by atoms with Gasteiger partial charge in [0.25, 0.3) is 0 Å². The molecule has 2 heterocycles. The van der Waals surface area contributed by atoms with Crippen molar-refractivity contribution >= 4 is 52.2 Å². The summed E-state index contributed by atoms with van der Waals surface area (Å²) in [6.45, 7) is 5.55. The van der Waals surface area contributed by atoms with Crippen LogP contribution in [0.15, 0.2) is 67.0 Å². The Hall–Kier alpha value is -3.12. The van der Waals surface area contributed by atoms with Crippen molar-refractivity contribution in [3.63, 3.8) is 0 Å². The highest BCUT2D eigenvalue weighted by Gasteiger charge is 2.27. The number of carbonyl (C=O) groups excluding carboxylic acids is 1. The molecule has 1 aliphatic heterocycles. The van der Waals surface area contributed by atoms with Crippen LogP contribution < -0.4 is 14.8 Å². The topological polar surface area (TPSA) is 117 Å². The molecule has 0 aliphatic carbocycles. The summed E-state index contributed by atoms with van der Waals surface area (Å²) >= 11 is 0. The number of urea groups is 1. The second-order valence-corrected chi connectivity index (χ2v) is 11.5. The number of unbranched alkanes of at least 4 members (excludes halogenated alkanes) is 1. The van der Waals surface area contributed by atoms with Crippen LogP contribution in [0, 0.1) is 0 Å². The molecular weight excluding hydrogens is 587 g/mol. The fraction of sp³-hybridized carbons (Fsp3) is 0.393. The quantitative estimate of drug-likeness (QED) is 0.277. The highest BCUT2D eigenvalue weighted by Crippen LogP contribution is 2.25. The van der Waals surface area contributed by atoms with Gasteiger partial charge in [-0.2, -0.15) is 10.2 Å². The Kier molecular flexibility index (Phi) is 13.6. The van der Waals surface area contributed by atoms with Gasteiger partial charge in [-0.3, -0.25) is 9.62 Å². The van der Waals surface area contributed by atoms with E-state index in [1.165, 1.54) is 5.56 Å². The number of rotatable bonds is 11. The standard InChI is InChI=1S/C28H36N6O4S.2ClH/c1-3-4-17-34(28(35)31-24-13-16-29-30-20-24)25-14-18-33(19-15-25)21-22-5-9-26(10-6-22)38-27-11-7-23(8-12-27)32-39(2,36)37;;/h5-13,16,20,25,32H,3-4,14-15,17-19,21H2,1-2H3,(H,29,31,35);2*1H. The number of carbonyl (C=O) groups is 1. The highest BCUT2D eigenvalue weighted by atomic mass is 35.5. The molecular formula is C28H38Cl2N6O4S. The van der Waals surface area contributed by atoms with Crippen molar-refractivity contribution in [1.82, 2.24) is 20.0 Å². The number of hydrogen-bond acceptors (Lipinski definition) is 7. The van der Waals surface area contributed by atoms with Crippen LogP contribution in [0.2, 0.25) is 0 Å². The predicted octanol–water partition coefficient (Wildman–Crippen LogP) is 5.78. The van der Waals surface area contributed by atoms with Gasteiger partial charge in [0.05, 0.1) is 24.3 Å². The maximum atomic E-state index is 13.0. The van der Waals surface area contributed by atoms with Gasteiger partial charge < -0.3 is 15.0 Å². The second-order valence-electron chi connectivity index (χ2n) is 9.76. The molecule has 0 radical (unpaired) electrons. The lowest BCUT2D eigenvalue weighted by Crippen LogP contribution is -2.49. The second kappa shape index (κ2) is 16.4. The maximum absolute atomic E-state index is 13.0. The van der Waals surface area contributed by atoms with E-state index < -0.39 is 10.0 Å². The van der Waals surface area contributed by atoms with Gasteiger partial charge in [-0.05, 0) is 67.3 Å². The Balaban J connectivity index is 0.00000294. The lowest BCUT2D eigenvalue weighted by molar-refractivity contribution is 0.122. The van der Waals surface area contributed by atoms with Crippen molar-refractivity contribution in [3.8, 4) is 11.5 Å². The fourth-order valence-corrected chi connectivity index (χ4v) is 5.15. The zero-order valence-electron chi connectivity index (χ0n) is 23.2. The molecule has 0 unspecified atom stereocenters. The van der Waals surface area contributed by atoms with Crippen LogP contribution in [0.4, 0.5) is 16.2 Å². The fourth-order valence-electron chi connectivity index (χ4n) is 4.59.